The van der Waals surface area contributed by atoms with Gasteiger partial charge >= 0.3 is 5.82 Å². The Balaban J connectivity index is 2.23. The van der Waals surface area contributed by atoms with Gasteiger partial charge in [-0.15, -0.1) is 0 Å². The third-order valence-corrected chi connectivity index (χ3v) is 2.62. The molecule has 6 nitrogen and oxygen atoms in total. The number of benzene rings is 1. The van der Waals surface area contributed by atoms with Crippen LogP contribution < -0.4 is 0 Å². The zero-order valence-corrected chi connectivity index (χ0v) is 9.69. The highest BCUT2D eigenvalue weighted by Gasteiger charge is 2.22. The van der Waals surface area contributed by atoms with Crippen molar-refractivity contribution in [3.05, 3.63) is 58.3 Å². The summed E-state index contributed by atoms with van der Waals surface area (Å²) in [6.45, 7) is 1.66. The highest BCUT2D eigenvalue weighted by molar-refractivity contribution is 5.98. The SMILES string of the molecule is CC(C(=O)c1ccccc1)n1ccc([N+](=O)[O-])n1. The second-order valence-corrected chi connectivity index (χ2v) is 3.82. The summed E-state index contributed by atoms with van der Waals surface area (Å²) < 4.78 is 1.30. The Morgan fingerprint density at radius 3 is 2.56 bits per heavy atom. The second-order valence-electron chi connectivity index (χ2n) is 3.82. The zero-order valence-electron chi connectivity index (χ0n) is 9.69. The second kappa shape index (κ2) is 4.79. The molecule has 1 unspecified atom stereocenters. The van der Waals surface area contributed by atoms with E-state index in [1.807, 2.05) is 6.07 Å². The molecule has 1 aromatic carbocycles. The van der Waals surface area contributed by atoms with Gasteiger partial charge in [0, 0.05) is 5.56 Å². The van der Waals surface area contributed by atoms with Crippen LogP contribution in [-0.2, 0) is 0 Å². The molecule has 0 bridgehead atoms. The quantitative estimate of drug-likeness (QED) is 0.470. The average Bonchev–Trinajstić information content (AvgIpc) is 2.88. The van der Waals surface area contributed by atoms with Gasteiger partial charge in [-0.3, -0.25) is 4.79 Å². The molecule has 6 heteroatoms. The lowest BCUT2D eigenvalue weighted by atomic mass is 10.1. The Morgan fingerprint density at radius 1 is 1.33 bits per heavy atom. The number of aromatic nitrogens is 2. The molecular weight excluding hydrogens is 234 g/mol. The molecule has 1 atom stereocenters. The molecule has 0 saturated heterocycles. The summed E-state index contributed by atoms with van der Waals surface area (Å²) >= 11 is 0. The lowest BCUT2D eigenvalue weighted by Gasteiger charge is -2.07. The molecule has 0 aliphatic heterocycles. The van der Waals surface area contributed by atoms with Gasteiger partial charge in [0.25, 0.3) is 0 Å². The Hall–Kier alpha value is -2.50. The maximum atomic E-state index is 12.1. The Bertz CT molecular complexity index is 577. The maximum Gasteiger partial charge on any atom is 0.389 e. The largest absolute Gasteiger partial charge is 0.389 e. The summed E-state index contributed by atoms with van der Waals surface area (Å²) in [6, 6.07) is 9.47. The minimum atomic E-state index is -0.587. The molecule has 0 amide bonds. The number of carbonyl (C=O) groups excluding carboxylic acids is 1. The number of rotatable bonds is 4. The summed E-state index contributed by atoms with van der Waals surface area (Å²) in [6.07, 6.45) is 1.43. The first-order valence-corrected chi connectivity index (χ1v) is 5.38. The molecule has 2 rings (SSSR count). The molecule has 0 saturated carbocycles. The van der Waals surface area contributed by atoms with Crippen molar-refractivity contribution in [1.82, 2.24) is 9.78 Å². The van der Waals surface area contributed by atoms with Gasteiger partial charge < -0.3 is 10.1 Å². The van der Waals surface area contributed by atoms with Crippen molar-refractivity contribution in [3.63, 3.8) is 0 Å². The number of hydrogen-bond donors (Lipinski definition) is 0. The van der Waals surface area contributed by atoms with Crippen LogP contribution in [0.3, 0.4) is 0 Å². The fourth-order valence-corrected chi connectivity index (χ4v) is 1.60. The first-order valence-electron chi connectivity index (χ1n) is 5.38. The van der Waals surface area contributed by atoms with Gasteiger partial charge in [0.05, 0.1) is 17.4 Å². The van der Waals surface area contributed by atoms with Crippen molar-refractivity contribution in [3.8, 4) is 0 Å². The lowest BCUT2D eigenvalue weighted by Crippen LogP contribution is -2.17. The van der Waals surface area contributed by atoms with Crippen LogP contribution in [-0.4, -0.2) is 20.5 Å². The van der Waals surface area contributed by atoms with E-state index in [2.05, 4.69) is 5.10 Å². The highest BCUT2D eigenvalue weighted by Crippen LogP contribution is 2.15. The third kappa shape index (κ3) is 2.27. The van der Waals surface area contributed by atoms with Crippen LogP contribution in [0.25, 0.3) is 0 Å². The standard InChI is InChI=1S/C12H11N3O3/c1-9(12(16)10-5-3-2-4-6-10)14-8-7-11(13-14)15(17)18/h2-9H,1H3. The van der Waals surface area contributed by atoms with E-state index in [0.717, 1.165) is 0 Å². The summed E-state index contributed by atoms with van der Waals surface area (Å²) in [7, 11) is 0. The predicted octanol–water partition coefficient (Wildman–Crippen LogP) is 2.24. The van der Waals surface area contributed by atoms with Crippen LogP contribution in [0.15, 0.2) is 42.6 Å². The van der Waals surface area contributed by atoms with Gasteiger partial charge in [-0.05, 0) is 11.8 Å². The summed E-state index contributed by atoms with van der Waals surface area (Å²) in [5.74, 6) is -0.392. The lowest BCUT2D eigenvalue weighted by molar-refractivity contribution is -0.389. The molecule has 0 aliphatic carbocycles. The average molecular weight is 245 g/mol. The van der Waals surface area contributed by atoms with Crippen molar-refractivity contribution in [2.45, 2.75) is 13.0 Å². The minimum absolute atomic E-state index is 0.131. The van der Waals surface area contributed by atoms with E-state index in [4.69, 9.17) is 0 Å². The monoisotopic (exact) mass is 245 g/mol. The molecule has 92 valence electrons. The van der Waals surface area contributed by atoms with Crippen molar-refractivity contribution >= 4 is 11.6 Å². The van der Waals surface area contributed by atoms with Crippen molar-refractivity contribution in [2.75, 3.05) is 0 Å². The van der Waals surface area contributed by atoms with Crippen LogP contribution in [0, 0.1) is 10.1 Å². The third-order valence-electron chi connectivity index (χ3n) is 2.62. The molecule has 0 aliphatic rings. The molecule has 0 fully saturated rings. The van der Waals surface area contributed by atoms with Crippen molar-refractivity contribution < 1.29 is 9.72 Å². The number of ketones is 1. The van der Waals surface area contributed by atoms with Gasteiger partial charge in [-0.2, -0.15) is 4.68 Å². The van der Waals surface area contributed by atoms with Crippen LogP contribution in [0.2, 0.25) is 0 Å². The number of hydrogen-bond acceptors (Lipinski definition) is 4. The first-order chi connectivity index (χ1) is 8.59. The fraction of sp³-hybridized carbons (Fsp3) is 0.167. The predicted molar refractivity (Wildman–Crippen MR) is 64.4 cm³/mol. The minimum Gasteiger partial charge on any atom is -0.358 e. The van der Waals surface area contributed by atoms with Crippen molar-refractivity contribution in [2.24, 2.45) is 0 Å². The van der Waals surface area contributed by atoms with E-state index in [1.165, 1.54) is 16.9 Å². The molecule has 18 heavy (non-hydrogen) atoms. The maximum absolute atomic E-state index is 12.1. The number of nitrogens with zero attached hydrogens (tertiary/aromatic N) is 3. The number of Topliss-reactive ketones (excluding diaryl/α,β-unsaturated/α-hetero) is 1. The van der Waals surface area contributed by atoms with Crippen LogP contribution in [0.1, 0.15) is 23.3 Å². The summed E-state index contributed by atoms with van der Waals surface area (Å²) in [4.78, 5) is 22.0. The molecular formula is C12H11N3O3. The van der Waals surface area contributed by atoms with Crippen LogP contribution >= 0.6 is 0 Å². The first kappa shape index (κ1) is 12.0. The van der Waals surface area contributed by atoms with E-state index in [1.54, 1.807) is 31.2 Å². The molecule has 0 N–H and O–H groups in total. The zero-order chi connectivity index (χ0) is 13.1. The molecule has 0 spiro atoms. The molecule has 1 aromatic heterocycles. The molecule has 2 aromatic rings. The number of carbonyl (C=O) groups is 1. The summed E-state index contributed by atoms with van der Waals surface area (Å²) in [5, 5.41) is 14.3. The Kier molecular flexibility index (Phi) is 3.18. The van der Waals surface area contributed by atoms with E-state index in [0.29, 0.717) is 5.56 Å². The van der Waals surface area contributed by atoms with E-state index >= 15 is 0 Å². The van der Waals surface area contributed by atoms with E-state index < -0.39 is 11.0 Å². The molecule has 1 heterocycles. The Labute approximate surface area is 103 Å². The highest BCUT2D eigenvalue weighted by atomic mass is 16.6. The van der Waals surface area contributed by atoms with Gasteiger partial charge in [-0.1, -0.05) is 30.3 Å². The van der Waals surface area contributed by atoms with Gasteiger partial charge in [0.1, 0.15) is 6.04 Å². The van der Waals surface area contributed by atoms with Crippen LogP contribution in [0.5, 0.6) is 0 Å². The molecule has 0 radical (unpaired) electrons. The van der Waals surface area contributed by atoms with Gasteiger partial charge in [0.15, 0.2) is 5.78 Å². The van der Waals surface area contributed by atoms with Crippen molar-refractivity contribution in [1.29, 1.82) is 0 Å². The smallest absolute Gasteiger partial charge is 0.358 e. The van der Waals surface area contributed by atoms with Gasteiger partial charge in [-0.25, -0.2) is 0 Å². The van der Waals surface area contributed by atoms with E-state index in [9.17, 15) is 14.9 Å². The normalized spacial score (nSPS) is 12.1. The number of nitro groups is 1. The topological polar surface area (TPSA) is 78.0 Å². The van der Waals surface area contributed by atoms with Crippen LogP contribution in [0.4, 0.5) is 5.82 Å². The Morgan fingerprint density at radius 2 is 2.00 bits per heavy atom. The van der Waals surface area contributed by atoms with Gasteiger partial charge in [0.2, 0.25) is 0 Å². The van der Waals surface area contributed by atoms with E-state index in [-0.39, 0.29) is 11.6 Å². The summed E-state index contributed by atoms with van der Waals surface area (Å²) in [5.41, 5.74) is 0.558. The fourth-order valence-electron chi connectivity index (χ4n) is 1.60.